The van der Waals surface area contributed by atoms with Crippen molar-refractivity contribution >= 4 is 29.3 Å². The van der Waals surface area contributed by atoms with Crippen LogP contribution in [0.4, 0.5) is 8.78 Å². The number of rotatable bonds is 6. The van der Waals surface area contributed by atoms with Crippen molar-refractivity contribution in [1.29, 1.82) is 0 Å². The number of halogens is 3. The number of likely N-dealkylation sites (N-methyl/N-ethyl adjacent to an activating group) is 1. The van der Waals surface area contributed by atoms with E-state index < -0.39 is 35.2 Å². The number of hydrogen-bond acceptors (Lipinski definition) is 4. The van der Waals surface area contributed by atoms with Crippen LogP contribution in [-0.2, 0) is 14.4 Å². The fourth-order valence-electron chi connectivity index (χ4n) is 7.65. The van der Waals surface area contributed by atoms with Gasteiger partial charge in [0, 0.05) is 60.3 Å². The van der Waals surface area contributed by atoms with E-state index in [9.17, 15) is 23.2 Å². The van der Waals surface area contributed by atoms with Crippen LogP contribution in [0.3, 0.4) is 0 Å². The molecule has 43 heavy (non-hydrogen) atoms. The van der Waals surface area contributed by atoms with Gasteiger partial charge in [0.1, 0.15) is 6.54 Å². The Morgan fingerprint density at radius 3 is 2.09 bits per heavy atom. The summed E-state index contributed by atoms with van der Waals surface area (Å²) < 4.78 is 28.2. The molecule has 1 aliphatic carbocycles. The Hall–Kier alpha value is -2.10. The second-order valence-electron chi connectivity index (χ2n) is 15.1. The van der Waals surface area contributed by atoms with Crippen molar-refractivity contribution in [2.24, 2.45) is 17.1 Å². The molecule has 0 radical (unpaired) electrons. The molecule has 1 aromatic rings. The first-order valence-corrected chi connectivity index (χ1v) is 16.1. The van der Waals surface area contributed by atoms with Crippen LogP contribution in [0, 0.1) is 11.3 Å². The Balaban J connectivity index is 1.74. The molecule has 2 heterocycles. The van der Waals surface area contributed by atoms with Crippen molar-refractivity contribution in [2.75, 3.05) is 26.2 Å². The maximum atomic E-state index is 14.9. The zero-order valence-corrected chi connectivity index (χ0v) is 27.6. The minimum Gasteiger partial charge on any atom is -0.364 e. The zero-order chi connectivity index (χ0) is 32.1. The first kappa shape index (κ1) is 33.8. The summed E-state index contributed by atoms with van der Waals surface area (Å²) in [5.41, 5.74) is 6.14. The third-order valence-electron chi connectivity index (χ3n) is 10.2. The zero-order valence-electron chi connectivity index (χ0n) is 26.8. The third kappa shape index (κ3) is 6.79. The quantitative estimate of drug-likeness (QED) is 0.419. The highest BCUT2D eigenvalue weighted by molar-refractivity contribution is 6.30. The van der Waals surface area contributed by atoms with E-state index in [0.29, 0.717) is 24.7 Å². The summed E-state index contributed by atoms with van der Waals surface area (Å²) in [5.74, 6) is -4.00. The Morgan fingerprint density at radius 1 is 1.02 bits per heavy atom. The maximum Gasteiger partial charge on any atom is 0.319 e. The molecular weight excluding hydrogens is 574 g/mol. The number of carbonyl (C=O) groups is 3. The number of quaternary nitrogens is 1. The normalized spacial score (nSPS) is 30.4. The number of benzene rings is 1. The van der Waals surface area contributed by atoms with Crippen molar-refractivity contribution in [3.05, 3.63) is 34.9 Å². The molecule has 3 aliphatic rings. The molecule has 1 unspecified atom stereocenters. The van der Waals surface area contributed by atoms with E-state index in [4.69, 9.17) is 17.3 Å². The molecule has 2 saturated heterocycles. The first-order valence-electron chi connectivity index (χ1n) is 15.7. The Bertz CT molecular complexity index is 1200. The van der Waals surface area contributed by atoms with Gasteiger partial charge in [0.15, 0.2) is 6.04 Å². The van der Waals surface area contributed by atoms with Gasteiger partial charge in [-0.15, -0.1) is 0 Å². The van der Waals surface area contributed by atoms with Crippen LogP contribution in [0.1, 0.15) is 92.1 Å². The van der Waals surface area contributed by atoms with Gasteiger partial charge in [0.2, 0.25) is 11.8 Å². The molecule has 1 aromatic carbocycles. The highest BCUT2D eigenvalue weighted by atomic mass is 35.5. The minimum absolute atomic E-state index is 0.0427. The molecule has 3 fully saturated rings. The Kier molecular flexibility index (Phi) is 9.44. The molecule has 7 nitrogen and oxygen atoms in total. The number of likely N-dealkylation sites (tertiary alicyclic amines) is 2. The SMILES string of the molecule is CC[N+]1(C(=O)[C@@H]2CN(C(C)(C)C)C[C@H]2c2ccc(Cl)cc2)C[C@@H](N(C(=O)C(C)(C)C)C2CCC(F)(F)CC2)C[C@H]1C(N)=O. The largest absolute Gasteiger partial charge is 0.364 e. The predicted octanol–water partition coefficient (Wildman–Crippen LogP) is 5.60. The van der Waals surface area contributed by atoms with Crippen LogP contribution in [0.2, 0.25) is 5.02 Å². The third-order valence-corrected chi connectivity index (χ3v) is 10.4. The van der Waals surface area contributed by atoms with Gasteiger partial charge in [-0.1, -0.05) is 44.5 Å². The van der Waals surface area contributed by atoms with Crippen LogP contribution < -0.4 is 5.73 Å². The van der Waals surface area contributed by atoms with E-state index in [-0.39, 0.29) is 72.4 Å². The highest BCUT2D eigenvalue weighted by Gasteiger charge is 2.60. The summed E-state index contributed by atoms with van der Waals surface area (Å²) in [6.07, 6.45) is 0.0588. The van der Waals surface area contributed by atoms with E-state index in [1.165, 1.54) is 0 Å². The van der Waals surface area contributed by atoms with Gasteiger partial charge in [-0.3, -0.25) is 14.5 Å². The summed E-state index contributed by atoms with van der Waals surface area (Å²) in [6, 6.07) is 5.97. The Labute approximate surface area is 260 Å². The van der Waals surface area contributed by atoms with E-state index in [0.717, 1.165) is 5.56 Å². The molecule has 4 rings (SSSR count). The fourth-order valence-corrected chi connectivity index (χ4v) is 7.77. The second-order valence-corrected chi connectivity index (χ2v) is 15.5. The summed E-state index contributed by atoms with van der Waals surface area (Å²) in [7, 11) is 0. The standard InChI is InChI=1S/C33H49ClF2N4O3/c1-8-40(29(42)26-19-38(32(5,6)7)18-25(26)21-9-11-22(34)12-10-21)20-24(17-27(40)28(37)41)39(30(43)31(2,3)4)23-13-15-33(35,36)16-14-23/h9-12,23-27H,8,13-20H2,1-7H3,(H-,37,41)/p+1/t24-,25-,26+,27-,40?/m0/s1. The summed E-state index contributed by atoms with van der Waals surface area (Å²) in [5, 5.41) is 0.620. The average molecular weight is 624 g/mol. The lowest BCUT2D eigenvalue weighted by Gasteiger charge is -2.43. The van der Waals surface area contributed by atoms with E-state index in [2.05, 4.69) is 25.7 Å². The molecule has 10 heteroatoms. The smallest absolute Gasteiger partial charge is 0.319 e. The molecule has 2 aliphatic heterocycles. The molecular formula is C33H50ClF2N4O3+. The van der Waals surface area contributed by atoms with Crippen LogP contribution in [0.25, 0.3) is 0 Å². The number of nitrogens with zero attached hydrogens (tertiary/aromatic N) is 3. The van der Waals surface area contributed by atoms with Crippen molar-refractivity contribution in [1.82, 2.24) is 9.80 Å². The van der Waals surface area contributed by atoms with Gasteiger partial charge in [-0.25, -0.2) is 18.1 Å². The molecule has 1 saturated carbocycles. The number of amides is 3. The number of carbonyl (C=O) groups excluding carboxylic acids is 3. The van der Waals surface area contributed by atoms with Crippen LogP contribution >= 0.6 is 11.6 Å². The van der Waals surface area contributed by atoms with E-state index in [1.54, 1.807) is 4.90 Å². The molecule has 3 amide bonds. The van der Waals surface area contributed by atoms with Crippen molar-refractivity contribution < 1.29 is 27.6 Å². The first-order chi connectivity index (χ1) is 19.8. The summed E-state index contributed by atoms with van der Waals surface area (Å²) in [6.45, 7) is 15.6. The number of primary amides is 1. The lowest BCUT2D eigenvalue weighted by molar-refractivity contribution is -0.858. The molecule has 5 atom stereocenters. The lowest BCUT2D eigenvalue weighted by Crippen LogP contribution is -2.63. The average Bonchev–Trinajstić information content (AvgIpc) is 3.53. The van der Waals surface area contributed by atoms with E-state index in [1.807, 2.05) is 52.0 Å². The predicted molar refractivity (Wildman–Crippen MR) is 165 cm³/mol. The van der Waals surface area contributed by atoms with Crippen molar-refractivity contribution in [3.8, 4) is 0 Å². The lowest BCUT2D eigenvalue weighted by atomic mass is 9.86. The molecule has 240 valence electrons. The van der Waals surface area contributed by atoms with Crippen molar-refractivity contribution in [2.45, 2.75) is 116 Å². The highest BCUT2D eigenvalue weighted by Crippen LogP contribution is 2.44. The van der Waals surface area contributed by atoms with Crippen LogP contribution in [0.15, 0.2) is 24.3 Å². The molecule has 2 N–H and O–H groups in total. The van der Waals surface area contributed by atoms with E-state index >= 15 is 0 Å². The summed E-state index contributed by atoms with van der Waals surface area (Å²) in [4.78, 5) is 46.1. The van der Waals surface area contributed by atoms with Crippen molar-refractivity contribution in [3.63, 3.8) is 0 Å². The van der Waals surface area contributed by atoms with Gasteiger partial charge >= 0.3 is 5.91 Å². The minimum atomic E-state index is -2.74. The molecule has 0 bridgehead atoms. The number of nitrogens with two attached hydrogens (primary N) is 1. The molecule has 0 aromatic heterocycles. The number of hydrogen-bond donors (Lipinski definition) is 1. The van der Waals surface area contributed by atoms with Gasteiger partial charge in [0.25, 0.3) is 5.91 Å². The van der Waals surface area contributed by atoms with Crippen LogP contribution in [0.5, 0.6) is 0 Å². The number of alkyl halides is 2. The van der Waals surface area contributed by atoms with Gasteiger partial charge in [-0.2, -0.15) is 0 Å². The van der Waals surface area contributed by atoms with Gasteiger partial charge < -0.3 is 10.6 Å². The second kappa shape index (κ2) is 12.0. The topological polar surface area (TPSA) is 83.7 Å². The van der Waals surface area contributed by atoms with Crippen LogP contribution in [-0.4, -0.2) is 87.8 Å². The summed E-state index contributed by atoms with van der Waals surface area (Å²) >= 11 is 6.20. The van der Waals surface area contributed by atoms with Gasteiger partial charge in [0.05, 0.1) is 18.5 Å². The fraction of sp³-hybridized carbons (Fsp3) is 0.727. The monoisotopic (exact) mass is 623 g/mol. The Morgan fingerprint density at radius 2 is 1.60 bits per heavy atom. The van der Waals surface area contributed by atoms with Gasteiger partial charge in [-0.05, 0) is 58.2 Å². The molecule has 0 spiro atoms. The maximum absolute atomic E-state index is 14.9.